The quantitative estimate of drug-likeness (QED) is 0.359. The van der Waals surface area contributed by atoms with Crippen LogP contribution in [0.25, 0.3) is 0 Å². The first-order chi connectivity index (χ1) is 16.7. The van der Waals surface area contributed by atoms with E-state index in [1.54, 1.807) is 38.1 Å². The normalized spacial score (nSPS) is 17.6. The van der Waals surface area contributed by atoms with Gasteiger partial charge in [-0.05, 0) is 56.0 Å². The Balaban J connectivity index is 0.00000361. The summed E-state index contributed by atoms with van der Waals surface area (Å²) in [7, 11) is 0. The molecule has 6 nitrogen and oxygen atoms in total. The summed E-state index contributed by atoms with van der Waals surface area (Å²) in [6.07, 6.45) is -8.21. The lowest BCUT2D eigenvalue weighted by molar-refractivity contribution is -0.150. The number of nitrogens with one attached hydrogen (secondary N) is 3. The minimum atomic E-state index is -5.02. The van der Waals surface area contributed by atoms with Gasteiger partial charge in [0.25, 0.3) is 5.91 Å². The molecule has 1 aromatic carbocycles. The third-order valence-electron chi connectivity index (χ3n) is 5.76. The Morgan fingerprint density at radius 3 is 1.87 bits per heavy atom. The fourth-order valence-corrected chi connectivity index (χ4v) is 3.82. The molecule has 2 amide bonds. The molecular formula is C24H30F6N4O2S2. The van der Waals surface area contributed by atoms with Gasteiger partial charge in [-0.15, -0.1) is 0 Å². The zero-order valence-electron chi connectivity index (χ0n) is 20.6. The standard InChI is InChI=1S/C24H26F6N4O2.2H2S/c1-13(2)21(35)33-17-5-3-4-14(10-17)22(36)32-16-8-6-15(7-9-16)31-18-11-19(23(25,26)27)34-20(12-18)24(28,29)30;;/h3-5,10-13,15-16H,6-9H2,1-2H3,(H,31,34)(H,32,36)(H,33,35);2*1H2. The summed E-state index contributed by atoms with van der Waals surface area (Å²) >= 11 is 0. The van der Waals surface area contributed by atoms with Gasteiger partial charge >= 0.3 is 12.4 Å². The highest BCUT2D eigenvalue weighted by atomic mass is 32.1. The van der Waals surface area contributed by atoms with Crippen molar-refractivity contribution in [1.82, 2.24) is 10.3 Å². The number of pyridine rings is 1. The van der Waals surface area contributed by atoms with Crippen LogP contribution in [0.1, 0.15) is 61.3 Å². The number of anilines is 2. The molecule has 3 rings (SSSR count). The molecule has 14 heteroatoms. The highest BCUT2D eigenvalue weighted by Crippen LogP contribution is 2.35. The average Bonchev–Trinajstić information content (AvgIpc) is 2.79. The van der Waals surface area contributed by atoms with Crippen molar-refractivity contribution in [3.05, 3.63) is 53.3 Å². The van der Waals surface area contributed by atoms with E-state index in [4.69, 9.17) is 0 Å². The van der Waals surface area contributed by atoms with E-state index in [0.29, 0.717) is 49.1 Å². The van der Waals surface area contributed by atoms with Crippen molar-refractivity contribution in [2.24, 2.45) is 5.92 Å². The maximum absolute atomic E-state index is 13.0. The number of alkyl halides is 6. The molecule has 0 unspecified atom stereocenters. The average molecular weight is 585 g/mol. The van der Waals surface area contributed by atoms with Gasteiger partial charge in [-0.2, -0.15) is 53.3 Å². The fourth-order valence-electron chi connectivity index (χ4n) is 3.82. The van der Waals surface area contributed by atoms with Crippen molar-refractivity contribution in [2.45, 2.75) is 64.0 Å². The third kappa shape index (κ3) is 9.29. The largest absolute Gasteiger partial charge is 0.433 e. The lowest BCUT2D eigenvalue weighted by Crippen LogP contribution is -2.40. The summed E-state index contributed by atoms with van der Waals surface area (Å²) < 4.78 is 78.2. The smallest absolute Gasteiger partial charge is 0.382 e. The number of hydrogen-bond acceptors (Lipinski definition) is 4. The Kier molecular flexibility index (Phi) is 11.8. The Morgan fingerprint density at radius 2 is 1.37 bits per heavy atom. The molecule has 0 bridgehead atoms. The summed E-state index contributed by atoms with van der Waals surface area (Å²) in [5, 5.41) is 8.37. The molecule has 38 heavy (non-hydrogen) atoms. The molecule has 0 spiro atoms. The number of amides is 2. The Bertz CT molecular complexity index is 1070. The van der Waals surface area contributed by atoms with Gasteiger partial charge in [0.05, 0.1) is 0 Å². The van der Waals surface area contributed by atoms with Gasteiger partial charge in [-0.25, -0.2) is 4.98 Å². The molecular weight excluding hydrogens is 554 g/mol. The molecule has 2 aromatic rings. The number of rotatable bonds is 6. The first-order valence-corrected chi connectivity index (χ1v) is 11.4. The first kappa shape index (κ1) is 33.4. The first-order valence-electron chi connectivity index (χ1n) is 11.4. The zero-order chi connectivity index (χ0) is 26.7. The van der Waals surface area contributed by atoms with Crippen molar-refractivity contribution in [3.8, 4) is 0 Å². The molecule has 1 aromatic heterocycles. The van der Waals surface area contributed by atoms with Crippen LogP contribution in [0, 0.1) is 5.92 Å². The molecule has 0 saturated heterocycles. The highest BCUT2D eigenvalue weighted by molar-refractivity contribution is 7.59. The number of hydrogen-bond donors (Lipinski definition) is 3. The summed E-state index contributed by atoms with van der Waals surface area (Å²) in [6, 6.07) is 7.03. The summed E-state index contributed by atoms with van der Waals surface area (Å²) in [5.41, 5.74) is -2.70. The van der Waals surface area contributed by atoms with Crippen molar-refractivity contribution >= 4 is 50.2 Å². The van der Waals surface area contributed by atoms with Crippen LogP contribution in [0.15, 0.2) is 36.4 Å². The van der Waals surface area contributed by atoms with Crippen LogP contribution >= 0.6 is 27.0 Å². The molecule has 0 aliphatic heterocycles. The van der Waals surface area contributed by atoms with Crippen LogP contribution in [0.2, 0.25) is 0 Å². The minimum Gasteiger partial charge on any atom is -0.382 e. The number of carbonyl (C=O) groups is 2. The molecule has 1 aliphatic rings. The van der Waals surface area contributed by atoms with Crippen LogP contribution in [0.3, 0.4) is 0 Å². The van der Waals surface area contributed by atoms with Crippen LogP contribution in [-0.4, -0.2) is 28.9 Å². The molecule has 1 fully saturated rings. The monoisotopic (exact) mass is 584 g/mol. The van der Waals surface area contributed by atoms with Crippen LogP contribution in [0.5, 0.6) is 0 Å². The van der Waals surface area contributed by atoms with E-state index in [-0.39, 0.29) is 62.5 Å². The van der Waals surface area contributed by atoms with Crippen molar-refractivity contribution in [2.75, 3.05) is 10.6 Å². The third-order valence-corrected chi connectivity index (χ3v) is 5.76. The van der Waals surface area contributed by atoms with E-state index in [2.05, 4.69) is 20.9 Å². The van der Waals surface area contributed by atoms with Crippen molar-refractivity contribution in [1.29, 1.82) is 0 Å². The molecule has 212 valence electrons. The van der Waals surface area contributed by atoms with Gasteiger partial charge < -0.3 is 16.0 Å². The van der Waals surface area contributed by atoms with Gasteiger partial charge in [-0.1, -0.05) is 19.9 Å². The van der Waals surface area contributed by atoms with E-state index in [1.165, 1.54) is 0 Å². The Labute approximate surface area is 230 Å². The number of carbonyl (C=O) groups excluding carboxylic acids is 2. The van der Waals surface area contributed by atoms with E-state index in [0.717, 1.165) is 0 Å². The van der Waals surface area contributed by atoms with E-state index >= 15 is 0 Å². The maximum atomic E-state index is 13.0. The molecule has 1 aliphatic carbocycles. The van der Waals surface area contributed by atoms with Gasteiger partial charge in [0.15, 0.2) is 0 Å². The minimum absolute atomic E-state index is 0. The van der Waals surface area contributed by atoms with Gasteiger partial charge in [-0.3, -0.25) is 9.59 Å². The molecule has 0 atom stereocenters. The zero-order valence-corrected chi connectivity index (χ0v) is 22.6. The number of nitrogens with zero attached hydrogens (tertiary/aromatic N) is 1. The molecule has 1 heterocycles. The fraction of sp³-hybridized carbons (Fsp3) is 0.458. The van der Waals surface area contributed by atoms with Crippen molar-refractivity contribution < 1.29 is 35.9 Å². The van der Waals surface area contributed by atoms with E-state index < -0.39 is 23.7 Å². The lowest BCUT2D eigenvalue weighted by atomic mass is 9.90. The van der Waals surface area contributed by atoms with Gasteiger partial charge in [0, 0.05) is 34.9 Å². The molecule has 0 radical (unpaired) electrons. The number of halogens is 6. The topological polar surface area (TPSA) is 83.1 Å². The van der Waals surface area contributed by atoms with Crippen LogP contribution in [0.4, 0.5) is 37.7 Å². The predicted octanol–water partition coefficient (Wildman–Crippen LogP) is 6.09. The second-order valence-electron chi connectivity index (χ2n) is 9.01. The molecule has 3 N–H and O–H groups in total. The second kappa shape index (κ2) is 13.5. The summed E-state index contributed by atoms with van der Waals surface area (Å²) in [5.74, 6) is -0.748. The maximum Gasteiger partial charge on any atom is 0.433 e. The van der Waals surface area contributed by atoms with Gasteiger partial charge in [0.2, 0.25) is 5.91 Å². The molecule has 1 saturated carbocycles. The van der Waals surface area contributed by atoms with Crippen LogP contribution < -0.4 is 16.0 Å². The highest BCUT2D eigenvalue weighted by Gasteiger charge is 2.39. The Hall–Kier alpha value is -2.61. The Morgan fingerprint density at radius 1 is 0.842 bits per heavy atom. The predicted molar refractivity (Wildman–Crippen MR) is 142 cm³/mol. The lowest BCUT2D eigenvalue weighted by Gasteiger charge is -2.30. The van der Waals surface area contributed by atoms with E-state index in [1.807, 2.05) is 0 Å². The van der Waals surface area contributed by atoms with Crippen molar-refractivity contribution in [3.63, 3.8) is 0 Å². The van der Waals surface area contributed by atoms with Gasteiger partial charge in [0.1, 0.15) is 11.4 Å². The number of benzene rings is 1. The van der Waals surface area contributed by atoms with Crippen LogP contribution in [-0.2, 0) is 17.1 Å². The summed E-state index contributed by atoms with van der Waals surface area (Å²) in [4.78, 5) is 27.2. The second-order valence-corrected chi connectivity index (χ2v) is 9.01. The number of aromatic nitrogens is 1. The SMILES string of the molecule is CC(C)C(=O)Nc1cccc(C(=O)NC2CCC(Nc3cc(C(F)(F)F)nc(C(F)(F)F)c3)CC2)c1.S.S. The van der Waals surface area contributed by atoms with E-state index in [9.17, 15) is 35.9 Å². The summed E-state index contributed by atoms with van der Waals surface area (Å²) in [6.45, 7) is 3.49.